The Morgan fingerprint density at radius 1 is 1.43 bits per heavy atom. The molecule has 14 heavy (non-hydrogen) atoms. The van der Waals surface area contributed by atoms with E-state index in [0.717, 1.165) is 6.54 Å². The van der Waals surface area contributed by atoms with Crippen LogP contribution in [-0.4, -0.2) is 41.0 Å². The summed E-state index contributed by atoms with van der Waals surface area (Å²) in [6.45, 7) is 10.0. The lowest BCUT2D eigenvalue weighted by Crippen LogP contribution is -2.66. The number of hydrogen-bond donors (Lipinski definition) is 1. The van der Waals surface area contributed by atoms with E-state index in [9.17, 15) is 9.90 Å². The summed E-state index contributed by atoms with van der Waals surface area (Å²) < 4.78 is 0. The molecule has 0 amide bonds. The number of hydrogen-bond acceptors (Lipinski definition) is 3. The van der Waals surface area contributed by atoms with Gasteiger partial charge in [0, 0.05) is 19.5 Å². The number of nitrogens with zero attached hydrogens (tertiary/aromatic N) is 1. The average Bonchev–Trinajstić information content (AvgIpc) is 1.94. The summed E-state index contributed by atoms with van der Waals surface area (Å²) in [5, 5.41) is 9.95. The van der Waals surface area contributed by atoms with E-state index in [1.807, 2.05) is 27.7 Å². The molecule has 1 fully saturated rings. The standard InChI is InChI=1S/C11H21NO2/c1-5-12-7-11(14,8-12)9(13)6-10(2,3)4/h14H,5-8H2,1-4H3. The van der Waals surface area contributed by atoms with Gasteiger partial charge in [-0.05, 0) is 12.0 Å². The summed E-state index contributed by atoms with van der Waals surface area (Å²) in [7, 11) is 0. The first-order chi connectivity index (χ1) is 6.27. The molecule has 0 aromatic rings. The van der Waals surface area contributed by atoms with Crippen molar-refractivity contribution in [3.05, 3.63) is 0 Å². The second kappa shape index (κ2) is 3.63. The van der Waals surface area contributed by atoms with Crippen LogP contribution in [0.25, 0.3) is 0 Å². The smallest absolute Gasteiger partial charge is 0.167 e. The van der Waals surface area contributed by atoms with Crippen molar-refractivity contribution in [3.8, 4) is 0 Å². The predicted molar refractivity (Wildman–Crippen MR) is 56.1 cm³/mol. The molecule has 1 N–H and O–H groups in total. The summed E-state index contributed by atoms with van der Waals surface area (Å²) in [4.78, 5) is 13.8. The van der Waals surface area contributed by atoms with Crippen LogP contribution in [0.4, 0.5) is 0 Å². The van der Waals surface area contributed by atoms with Gasteiger partial charge in [-0.2, -0.15) is 0 Å². The predicted octanol–water partition coefficient (Wildman–Crippen LogP) is 1.06. The molecule has 3 nitrogen and oxygen atoms in total. The van der Waals surface area contributed by atoms with Gasteiger partial charge in [-0.3, -0.25) is 9.69 Å². The Morgan fingerprint density at radius 3 is 2.29 bits per heavy atom. The van der Waals surface area contributed by atoms with Crippen LogP contribution < -0.4 is 0 Å². The zero-order valence-corrected chi connectivity index (χ0v) is 9.63. The normalized spacial score (nSPS) is 21.8. The quantitative estimate of drug-likeness (QED) is 0.739. The van der Waals surface area contributed by atoms with E-state index < -0.39 is 5.60 Å². The highest BCUT2D eigenvalue weighted by Crippen LogP contribution is 2.28. The SMILES string of the molecule is CCN1CC(O)(C(=O)CC(C)(C)C)C1. The monoisotopic (exact) mass is 199 g/mol. The first kappa shape index (κ1) is 11.7. The highest BCUT2D eigenvalue weighted by Gasteiger charge is 2.46. The number of carbonyl (C=O) groups is 1. The summed E-state index contributed by atoms with van der Waals surface area (Å²) in [5.74, 6) is -0.00491. The van der Waals surface area contributed by atoms with Crippen LogP contribution in [0.5, 0.6) is 0 Å². The van der Waals surface area contributed by atoms with E-state index in [1.165, 1.54) is 0 Å². The summed E-state index contributed by atoms with van der Waals surface area (Å²) in [6, 6.07) is 0. The summed E-state index contributed by atoms with van der Waals surface area (Å²) in [6.07, 6.45) is 0.459. The van der Waals surface area contributed by atoms with Gasteiger partial charge in [-0.25, -0.2) is 0 Å². The number of likely N-dealkylation sites (N-methyl/N-ethyl adjacent to an activating group) is 1. The number of aliphatic hydroxyl groups is 1. The largest absolute Gasteiger partial charge is 0.379 e. The van der Waals surface area contributed by atoms with Gasteiger partial charge in [0.15, 0.2) is 5.78 Å². The Balaban J connectivity index is 2.47. The molecule has 1 rings (SSSR count). The van der Waals surface area contributed by atoms with Crippen LogP contribution >= 0.6 is 0 Å². The van der Waals surface area contributed by atoms with Crippen LogP contribution in [0, 0.1) is 5.41 Å². The molecule has 0 unspecified atom stereocenters. The lowest BCUT2D eigenvalue weighted by atomic mass is 9.80. The molecule has 0 aromatic heterocycles. The van der Waals surface area contributed by atoms with Crippen LogP contribution in [-0.2, 0) is 4.79 Å². The Bertz CT molecular complexity index is 224. The zero-order chi connectivity index (χ0) is 11.0. The molecule has 1 aliphatic heterocycles. The van der Waals surface area contributed by atoms with Gasteiger partial charge in [-0.1, -0.05) is 27.7 Å². The minimum atomic E-state index is -1.05. The van der Waals surface area contributed by atoms with Crippen molar-refractivity contribution in [1.29, 1.82) is 0 Å². The first-order valence-corrected chi connectivity index (χ1v) is 5.25. The van der Waals surface area contributed by atoms with Crippen molar-refractivity contribution >= 4 is 5.78 Å². The maximum absolute atomic E-state index is 11.7. The number of carbonyl (C=O) groups excluding carboxylic acids is 1. The highest BCUT2D eigenvalue weighted by molar-refractivity contribution is 5.89. The van der Waals surface area contributed by atoms with E-state index in [4.69, 9.17) is 0 Å². The zero-order valence-electron chi connectivity index (χ0n) is 9.63. The molecule has 0 radical (unpaired) electrons. The van der Waals surface area contributed by atoms with E-state index in [2.05, 4.69) is 4.90 Å². The molecular weight excluding hydrogens is 178 g/mol. The van der Waals surface area contributed by atoms with Gasteiger partial charge in [0.1, 0.15) is 5.60 Å². The number of ketones is 1. The molecule has 0 bridgehead atoms. The topological polar surface area (TPSA) is 40.5 Å². The molecule has 0 aromatic carbocycles. The van der Waals surface area contributed by atoms with Crippen molar-refractivity contribution in [1.82, 2.24) is 4.90 Å². The minimum Gasteiger partial charge on any atom is -0.379 e. The maximum atomic E-state index is 11.7. The van der Waals surface area contributed by atoms with E-state index >= 15 is 0 Å². The summed E-state index contributed by atoms with van der Waals surface area (Å²) in [5.41, 5.74) is -1.08. The molecule has 82 valence electrons. The number of likely N-dealkylation sites (tertiary alicyclic amines) is 1. The molecule has 1 aliphatic rings. The minimum absolute atomic E-state index is 0.00491. The lowest BCUT2D eigenvalue weighted by molar-refractivity contribution is -0.158. The van der Waals surface area contributed by atoms with Gasteiger partial charge in [0.25, 0.3) is 0 Å². The van der Waals surface area contributed by atoms with Crippen molar-refractivity contribution in [2.24, 2.45) is 5.41 Å². The van der Waals surface area contributed by atoms with Crippen molar-refractivity contribution in [2.75, 3.05) is 19.6 Å². The van der Waals surface area contributed by atoms with Crippen LogP contribution in [0.2, 0.25) is 0 Å². The second-order valence-electron chi connectivity index (χ2n) is 5.50. The lowest BCUT2D eigenvalue weighted by Gasteiger charge is -2.45. The van der Waals surface area contributed by atoms with E-state index in [1.54, 1.807) is 0 Å². The van der Waals surface area contributed by atoms with Crippen LogP contribution in [0.1, 0.15) is 34.1 Å². The Labute approximate surface area is 86.1 Å². The van der Waals surface area contributed by atoms with Gasteiger partial charge in [0.05, 0.1) is 0 Å². The van der Waals surface area contributed by atoms with Crippen LogP contribution in [0.15, 0.2) is 0 Å². The molecule has 0 aliphatic carbocycles. The fourth-order valence-corrected chi connectivity index (χ4v) is 1.74. The third-order valence-corrected chi connectivity index (χ3v) is 2.63. The fourth-order valence-electron chi connectivity index (χ4n) is 1.74. The third-order valence-electron chi connectivity index (χ3n) is 2.63. The first-order valence-electron chi connectivity index (χ1n) is 5.25. The molecule has 1 saturated heterocycles. The molecule has 0 spiro atoms. The molecule has 3 heteroatoms. The highest BCUT2D eigenvalue weighted by atomic mass is 16.3. The van der Waals surface area contributed by atoms with Crippen molar-refractivity contribution in [3.63, 3.8) is 0 Å². The summed E-state index contributed by atoms with van der Waals surface area (Å²) >= 11 is 0. The van der Waals surface area contributed by atoms with E-state index in [-0.39, 0.29) is 11.2 Å². The number of Topliss-reactive ketones (excluding diaryl/α,β-unsaturated/α-hetero) is 1. The molecule has 0 atom stereocenters. The van der Waals surface area contributed by atoms with Gasteiger partial charge >= 0.3 is 0 Å². The van der Waals surface area contributed by atoms with Crippen molar-refractivity contribution < 1.29 is 9.90 Å². The fraction of sp³-hybridized carbons (Fsp3) is 0.909. The van der Waals surface area contributed by atoms with E-state index in [0.29, 0.717) is 19.5 Å². The second-order valence-corrected chi connectivity index (χ2v) is 5.50. The maximum Gasteiger partial charge on any atom is 0.167 e. The average molecular weight is 199 g/mol. The van der Waals surface area contributed by atoms with Gasteiger partial charge in [0.2, 0.25) is 0 Å². The molecule has 0 saturated carbocycles. The Kier molecular flexibility index (Phi) is 3.02. The van der Waals surface area contributed by atoms with Crippen molar-refractivity contribution in [2.45, 2.75) is 39.7 Å². The van der Waals surface area contributed by atoms with Crippen LogP contribution in [0.3, 0.4) is 0 Å². The Morgan fingerprint density at radius 2 is 1.93 bits per heavy atom. The Hall–Kier alpha value is -0.410. The number of β-amino-alcohol motifs (C(OH)–C–C–N with tert-alkyl or cyclic N) is 1. The molecular formula is C11H21NO2. The van der Waals surface area contributed by atoms with Gasteiger partial charge in [-0.15, -0.1) is 0 Å². The number of rotatable bonds is 3. The van der Waals surface area contributed by atoms with Gasteiger partial charge < -0.3 is 5.11 Å². The third kappa shape index (κ3) is 2.55. The molecule has 1 heterocycles.